The molecule has 1 aromatic carbocycles. The number of aromatic nitrogens is 2. The van der Waals surface area contributed by atoms with Gasteiger partial charge in [0.1, 0.15) is 0 Å². The lowest BCUT2D eigenvalue weighted by Gasteiger charge is -2.06. The molecule has 0 aliphatic carbocycles. The topological polar surface area (TPSA) is 90.1 Å². The summed E-state index contributed by atoms with van der Waals surface area (Å²) in [4.78, 5) is 21.9. The summed E-state index contributed by atoms with van der Waals surface area (Å²) in [6.45, 7) is 0. The molecule has 23 heavy (non-hydrogen) atoms. The van der Waals surface area contributed by atoms with Crippen LogP contribution in [0.15, 0.2) is 28.7 Å². The van der Waals surface area contributed by atoms with Crippen molar-refractivity contribution in [2.75, 3.05) is 5.32 Å². The molecule has 122 valence electrons. The van der Waals surface area contributed by atoms with Crippen molar-refractivity contribution in [1.82, 2.24) is 9.78 Å². The normalized spacial score (nSPS) is 11.3. The van der Waals surface area contributed by atoms with Crippen molar-refractivity contribution < 1.29 is 22.9 Å². The lowest BCUT2D eigenvalue weighted by atomic mass is 10.2. The minimum atomic E-state index is -4.67. The van der Waals surface area contributed by atoms with Crippen molar-refractivity contribution in [2.24, 2.45) is 7.05 Å². The second-order valence-electron chi connectivity index (χ2n) is 4.39. The van der Waals surface area contributed by atoms with E-state index >= 15 is 0 Å². The number of amides is 1. The highest BCUT2D eigenvalue weighted by Gasteiger charge is 2.39. The second kappa shape index (κ2) is 5.99. The third kappa shape index (κ3) is 3.50. The standard InChI is InChI=1S/C12H8BrF3N4O3/c1-19-10(12(14,15)16)8(13)9(18-19)11(21)17-6-2-4-7(5-3-6)20(22)23/h2-5H,1H3,(H,17,21). The number of hydrogen-bond acceptors (Lipinski definition) is 4. The van der Waals surface area contributed by atoms with Crippen LogP contribution in [-0.4, -0.2) is 20.6 Å². The van der Waals surface area contributed by atoms with E-state index in [0.717, 1.165) is 19.2 Å². The fraction of sp³-hybridized carbons (Fsp3) is 0.167. The van der Waals surface area contributed by atoms with Gasteiger partial charge in [-0.25, -0.2) is 0 Å². The molecule has 7 nitrogen and oxygen atoms in total. The van der Waals surface area contributed by atoms with Crippen molar-refractivity contribution in [3.63, 3.8) is 0 Å². The number of carbonyl (C=O) groups excluding carboxylic acids is 1. The summed E-state index contributed by atoms with van der Waals surface area (Å²) >= 11 is 2.73. The molecule has 0 radical (unpaired) electrons. The van der Waals surface area contributed by atoms with Gasteiger partial charge in [0.15, 0.2) is 11.4 Å². The summed E-state index contributed by atoms with van der Waals surface area (Å²) in [5.74, 6) is -0.878. The van der Waals surface area contributed by atoms with Crippen LogP contribution in [0.1, 0.15) is 16.2 Å². The number of halogens is 4. The summed E-state index contributed by atoms with van der Waals surface area (Å²) in [7, 11) is 1.07. The Morgan fingerprint density at radius 1 is 1.35 bits per heavy atom. The molecule has 11 heteroatoms. The number of nitrogens with one attached hydrogen (secondary N) is 1. The van der Waals surface area contributed by atoms with Crippen molar-refractivity contribution in [2.45, 2.75) is 6.18 Å². The summed E-state index contributed by atoms with van der Waals surface area (Å²) < 4.78 is 38.6. The maximum atomic E-state index is 12.8. The van der Waals surface area contributed by atoms with Crippen LogP contribution >= 0.6 is 15.9 Å². The molecule has 0 saturated carbocycles. The highest BCUT2D eigenvalue weighted by atomic mass is 79.9. The van der Waals surface area contributed by atoms with Crippen LogP contribution in [0.25, 0.3) is 0 Å². The Kier molecular flexibility index (Phi) is 4.41. The second-order valence-corrected chi connectivity index (χ2v) is 5.18. The maximum Gasteiger partial charge on any atom is 0.434 e. The lowest BCUT2D eigenvalue weighted by molar-refractivity contribution is -0.384. The van der Waals surface area contributed by atoms with Crippen molar-refractivity contribution in [3.8, 4) is 0 Å². The number of alkyl halides is 3. The van der Waals surface area contributed by atoms with Crippen molar-refractivity contribution >= 4 is 33.2 Å². The number of hydrogen-bond donors (Lipinski definition) is 1. The van der Waals surface area contributed by atoms with Crippen LogP contribution in [0, 0.1) is 10.1 Å². The molecule has 0 fully saturated rings. The molecule has 0 spiro atoms. The zero-order chi connectivity index (χ0) is 17.4. The highest BCUT2D eigenvalue weighted by molar-refractivity contribution is 9.10. The Morgan fingerprint density at radius 2 is 1.91 bits per heavy atom. The zero-order valence-electron chi connectivity index (χ0n) is 11.4. The zero-order valence-corrected chi connectivity index (χ0v) is 13.0. The molecular formula is C12H8BrF3N4O3. The molecule has 0 saturated heterocycles. The van der Waals surface area contributed by atoms with E-state index in [2.05, 4.69) is 26.3 Å². The molecule has 1 N–H and O–H groups in total. The van der Waals surface area contributed by atoms with Crippen LogP contribution < -0.4 is 5.32 Å². The van der Waals surface area contributed by atoms with Crippen LogP contribution in [0.3, 0.4) is 0 Å². The molecule has 0 atom stereocenters. The SMILES string of the molecule is Cn1nc(C(=O)Nc2ccc([N+](=O)[O-])cc2)c(Br)c1C(F)(F)F. The molecule has 1 heterocycles. The minimum absolute atomic E-state index is 0.179. The van der Waals surface area contributed by atoms with Crippen LogP contribution in [0.4, 0.5) is 24.5 Å². The largest absolute Gasteiger partial charge is 0.434 e. The van der Waals surface area contributed by atoms with E-state index in [0.29, 0.717) is 4.68 Å². The van der Waals surface area contributed by atoms with E-state index < -0.39 is 32.9 Å². The highest BCUT2D eigenvalue weighted by Crippen LogP contribution is 2.36. The molecule has 1 aromatic heterocycles. The summed E-state index contributed by atoms with van der Waals surface area (Å²) in [5, 5.41) is 16.4. The first-order valence-electron chi connectivity index (χ1n) is 5.96. The van der Waals surface area contributed by atoms with Crippen molar-refractivity contribution in [1.29, 1.82) is 0 Å². The van der Waals surface area contributed by atoms with E-state index in [4.69, 9.17) is 0 Å². The monoisotopic (exact) mass is 392 g/mol. The third-order valence-corrected chi connectivity index (χ3v) is 3.56. The molecule has 0 aliphatic rings. The number of non-ortho nitro benzene ring substituents is 1. The summed E-state index contributed by atoms with van der Waals surface area (Å²) in [6.07, 6.45) is -4.67. The number of rotatable bonds is 3. The first-order chi connectivity index (χ1) is 10.6. The van der Waals surface area contributed by atoms with E-state index in [1.54, 1.807) is 0 Å². The number of anilines is 1. The Morgan fingerprint density at radius 3 is 2.35 bits per heavy atom. The van der Waals surface area contributed by atoms with E-state index in [-0.39, 0.29) is 11.4 Å². The van der Waals surface area contributed by atoms with Gasteiger partial charge in [-0.2, -0.15) is 18.3 Å². The Balaban J connectivity index is 2.26. The third-order valence-electron chi connectivity index (χ3n) is 2.81. The molecule has 0 bridgehead atoms. The fourth-order valence-electron chi connectivity index (χ4n) is 1.81. The fourth-order valence-corrected chi connectivity index (χ4v) is 2.55. The van der Waals surface area contributed by atoms with Crippen molar-refractivity contribution in [3.05, 3.63) is 50.2 Å². The van der Waals surface area contributed by atoms with E-state index in [1.807, 2.05) is 0 Å². The molecule has 2 aromatic rings. The smallest absolute Gasteiger partial charge is 0.321 e. The number of carbonyl (C=O) groups is 1. The first kappa shape index (κ1) is 16.9. The van der Waals surface area contributed by atoms with Gasteiger partial charge in [0.2, 0.25) is 0 Å². The number of nitrogens with zero attached hydrogens (tertiary/aromatic N) is 3. The Hall–Kier alpha value is -2.43. The van der Waals surface area contributed by atoms with Gasteiger partial charge in [-0.15, -0.1) is 0 Å². The van der Waals surface area contributed by atoms with E-state index in [9.17, 15) is 28.1 Å². The summed E-state index contributed by atoms with van der Waals surface area (Å²) in [5.41, 5.74) is -1.53. The van der Waals surface area contributed by atoms with E-state index in [1.165, 1.54) is 12.1 Å². The van der Waals surface area contributed by atoms with Gasteiger partial charge in [0, 0.05) is 24.9 Å². The van der Waals surface area contributed by atoms with Gasteiger partial charge in [0.25, 0.3) is 11.6 Å². The van der Waals surface area contributed by atoms with Gasteiger partial charge < -0.3 is 5.32 Å². The molecule has 0 aliphatic heterocycles. The first-order valence-corrected chi connectivity index (χ1v) is 6.76. The maximum absolute atomic E-state index is 12.8. The van der Waals surface area contributed by atoms with Gasteiger partial charge in [-0.3, -0.25) is 19.6 Å². The number of aryl methyl sites for hydroxylation is 1. The Labute approximate surface area is 135 Å². The quantitative estimate of drug-likeness (QED) is 0.640. The van der Waals surface area contributed by atoms with Gasteiger partial charge in [0.05, 0.1) is 9.40 Å². The number of nitro benzene ring substituents is 1. The lowest BCUT2D eigenvalue weighted by Crippen LogP contribution is -2.13. The minimum Gasteiger partial charge on any atom is -0.321 e. The van der Waals surface area contributed by atoms with Crippen LogP contribution in [0.2, 0.25) is 0 Å². The average Bonchev–Trinajstić information content (AvgIpc) is 2.74. The summed E-state index contributed by atoms with van der Waals surface area (Å²) in [6, 6.07) is 4.84. The van der Waals surface area contributed by atoms with Gasteiger partial charge >= 0.3 is 6.18 Å². The number of benzene rings is 1. The molecular weight excluding hydrogens is 385 g/mol. The predicted molar refractivity (Wildman–Crippen MR) is 77.0 cm³/mol. The van der Waals surface area contributed by atoms with Crippen LogP contribution in [-0.2, 0) is 13.2 Å². The Bertz CT molecular complexity index is 771. The van der Waals surface area contributed by atoms with Crippen LogP contribution in [0.5, 0.6) is 0 Å². The molecule has 1 amide bonds. The average molecular weight is 393 g/mol. The number of nitro groups is 1. The van der Waals surface area contributed by atoms with Gasteiger partial charge in [-0.05, 0) is 28.1 Å². The molecule has 2 rings (SSSR count). The predicted octanol–water partition coefficient (Wildman–Crippen LogP) is 3.36. The van der Waals surface area contributed by atoms with Gasteiger partial charge in [-0.1, -0.05) is 0 Å². The molecule has 0 unspecified atom stereocenters.